The van der Waals surface area contributed by atoms with Gasteiger partial charge in [0, 0.05) is 26.1 Å². The number of hydrogen-bond acceptors (Lipinski definition) is 3. The molecule has 5 heteroatoms. The third kappa shape index (κ3) is 5.58. The average molecular weight is 414 g/mol. The largest absolute Gasteiger partial charge is 0.323 e. The Morgan fingerprint density at radius 2 is 1.42 bits per heavy atom. The average Bonchev–Trinajstić information content (AvgIpc) is 3.21. The number of nitrogens with zero attached hydrogens (tertiary/aromatic N) is 2. The molecule has 1 saturated heterocycles. The molecule has 1 aliphatic heterocycles. The van der Waals surface area contributed by atoms with E-state index in [1.54, 1.807) is 4.90 Å². The van der Waals surface area contributed by atoms with Crippen molar-refractivity contribution in [3.63, 3.8) is 0 Å². The first-order chi connectivity index (χ1) is 15.2. The number of hydrogen-bond donors (Lipinski definition) is 1. The van der Waals surface area contributed by atoms with Crippen LogP contribution >= 0.6 is 0 Å². The quantitative estimate of drug-likeness (QED) is 0.593. The topological polar surface area (TPSA) is 52.7 Å². The van der Waals surface area contributed by atoms with Gasteiger partial charge in [0.05, 0.1) is 17.9 Å². The summed E-state index contributed by atoms with van der Waals surface area (Å²) < 4.78 is 0. The first-order valence-electron chi connectivity index (χ1n) is 10.7. The minimum atomic E-state index is -0.0917. The van der Waals surface area contributed by atoms with Crippen molar-refractivity contribution in [2.75, 3.05) is 23.3 Å². The highest BCUT2D eigenvalue weighted by molar-refractivity contribution is 6.02. The van der Waals surface area contributed by atoms with E-state index in [0.717, 1.165) is 23.2 Å². The molecule has 0 radical (unpaired) electrons. The molecule has 2 amide bonds. The van der Waals surface area contributed by atoms with E-state index < -0.39 is 0 Å². The number of para-hydroxylation sites is 2. The predicted molar refractivity (Wildman–Crippen MR) is 124 cm³/mol. The SMILES string of the molecule is O=C(CN(Cc1ccccc1)Cc1ccccc1)Nc1ccccc1N1CCCC1=O. The lowest BCUT2D eigenvalue weighted by atomic mass is 10.1. The van der Waals surface area contributed by atoms with E-state index in [1.165, 1.54) is 0 Å². The van der Waals surface area contributed by atoms with Gasteiger partial charge in [-0.05, 0) is 29.7 Å². The van der Waals surface area contributed by atoms with Gasteiger partial charge < -0.3 is 10.2 Å². The van der Waals surface area contributed by atoms with Crippen LogP contribution in [0.4, 0.5) is 11.4 Å². The van der Waals surface area contributed by atoms with E-state index in [-0.39, 0.29) is 18.4 Å². The summed E-state index contributed by atoms with van der Waals surface area (Å²) in [6, 6.07) is 27.9. The second kappa shape index (κ2) is 10.0. The van der Waals surface area contributed by atoms with E-state index in [4.69, 9.17) is 0 Å². The summed E-state index contributed by atoms with van der Waals surface area (Å²) in [5, 5.41) is 3.04. The molecule has 0 aliphatic carbocycles. The molecule has 4 rings (SSSR count). The van der Waals surface area contributed by atoms with Crippen molar-refractivity contribution < 1.29 is 9.59 Å². The smallest absolute Gasteiger partial charge is 0.238 e. The van der Waals surface area contributed by atoms with Gasteiger partial charge in [0.2, 0.25) is 11.8 Å². The summed E-state index contributed by atoms with van der Waals surface area (Å²) in [4.78, 5) is 29.1. The molecule has 0 spiro atoms. The van der Waals surface area contributed by atoms with E-state index in [0.29, 0.717) is 31.7 Å². The van der Waals surface area contributed by atoms with E-state index >= 15 is 0 Å². The summed E-state index contributed by atoms with van der Waals surface area (Å²) in [6.45, 7) is 2.30. The standard InChI is InChI=1S/C26H27N3O2/c30-25(27-23-14-7-8-15-24(23)29-17-9-16-26(29)31)20-28(18-21-10-3-1-4-11-21)19-22-12-5-2-6-13-22/h1-8,10-15H,9,16-20H2,(H,27,30). The Morgan fingerprint density at radius 1 is 0.839 bits per heavy atom. The van der Waals surface area contributed by atoms with Gasteiger partial charge in [-0.3, -0.25) is 14.5 Å². The van der Waals surface area contributed by atoms with Crippen molar-refractivity contribution in [2.24, 2.45) is 0 Å². The maximum atomic E-state index is 13.0. The van der Waals surface area contributed by atoms with Crippen LogP contribution in [0.5, 0.6) is 0 Å². The number of benzene rings is 3. The molecule has 0 unspecified atom stereocenters. The fourth-order valence-electron chi connectivity index (χ4n) is 3.96. The van der Waals surface area contributed by atoms with Crippen molar-refractivity contribution in [1.29, 1.82) is 0 Å². The third-order valence-corrected chi connectivity index (χ3v) is 5.41. The Labute approximate surface area is 183 Å². The zero-order valence-corrected chi connectivity index (χ0v) is 17.5. The summed E-state index contributed by atoms with van der Waals surface area (Å²) in [7, 11) is 0. The van der Waals surface area contributed by atoms with Gasteiger partial charge in [0.25, 0.3) is 0 Å². The molecule has 0 aromatic heterocycles. The molecule has 1 N–H and O–H groups in total. The molecule has 3 aromatic rings. The minimum absolute atomic E-state index is 0.0917. The Hall–Kier alpha value is -3.44. The van der Waals surface area contributed by atoms with Crippen LogP contribution in [0.3, 0.4) is 0 Å². The highest BCUT2D eigenvalue weighted by Crippen LogP contribution is 2.29. The summed E-state index contributed by atoms with van der Waals surface area (Å²) >= 11 is 0. The fraction of sp³-hybridized carbons (Fsp3) is 0.231. The van der Waals surface area contributed by atoms with Crippen LogP contribution in [0, 0.1) is 0 Å². The van der Waals surface area contributed by atoms with Crippen molar-refractivity contribution in [2.45, 2.75) is 25.9 Å². The highest BCUT2D eigenvalue weighted by Gasteiger charge is 2.24. The number of amides is 2. The molecular weight excluding hydrogens is 386 g/mol. The van der Waals surface area contributed by atoms with E-state index in [9.17, 15) is 9.59 Å². The van der Waals surface area contributed by atoms with E-state index in [2.05, 4.69) is 34.5 Å². The zero-order valence-electron chi connectivity index (χ0n) is 17.5. The molecule has 0 atom stereocenters. The first-order valence-corrected chi connectivity index (χ1v) is 10.7. The van der Waals surface area contributed by atoms with Crippen LogP contribution < -0.4 is 10.2 Å². The van der Waals surface area contributed by atoms with E-state index in [1.807, 2.05) is 60.7 Å². The molecule has 3 aromatic carbocycles. The van der Waals surface area contributed by atoms with Crippen LogP contribution in [0.15, 0.2) is 84.9 Å². The maximum absolute atomic E-state index is 13.0. The highest BCUT2D eigenvalue weighted by atomic mass is 16.2. The molecule has 5 nitrogen and oxygen atoms in total. The predicted octanol–water partition coefficient (Wildman–Crippen LogP) is 4.45. The number of nitrogens with one attached hydrogen (secondary N) is 1. The zero-order chi connectivity index (χ0) is 21.5. The van der Waals surface area contributed by atoms with Gasteiger partial charge in [0.1, 0.15) is 0 Å². The number of carbonyl (C=O) groups is 2. The van der Waals surface area contributed by atoms with Crippen LogP contribution in [-0.2, 0) is 22.7 Å². The molecule has 31 heavy (non-hydrogen) atoms. The first kappa shape index (κ1) is 20.8. The monoisotopic (exact) mass is 413 g/mol. The van der Waals surface area contributed by atoms with Crippen LogP contribution in [0.1, 0.15) is 24.0 Å². The third-order valence-electron chi connectivity index (χ3n) is 5.41. The van der Waals surface area contributed by atoms with Crippen molar-refractivity contribution in [3.8, 4) is 0 Å². The van der Waals surface area contributed by atoms with Gasteiger partial charge in [0.15, 0.2) is 0 Å². The molecule has 0 bridgehead atoms. The van der Waals surface area contributed by atoms with Crippen LogP contribution in [0.25, 0.3) is 0 Å². The molecule has 158 valence electrons. The second-order valence-electron chi connectivity index (χ2n) is 7.83. The summed E-state index contributed by atoms with van der Waals surface area (Å²) in [5.74, 6) is 0.0161. The van der Waals surface area contributed by atoms with Gasteiger partial charge >= 0.3 is 0 Å². The van der Waals surface area contributed by atoms with Gasteiger partial charge in [-0.15, -0.1) is 0 Å². The Bertz CT molecular complexity index is 980. The fourth-order valence-corrected chi connectivity index (χ4v) is 3.96. The Morgan fingerprint density at radius 3 is 2.00 bits per heavy atom. The van der Waals surface area contributed by atoms with Crippen LogP contribution in [0.2, 0.25) is 0 Å². The molecular formula is C26H27N3O2. The van der Waals surface area contributed by atoms with Crippen molar-refractivity contribution in [1.82, 2.24) is 4.90 Å². The van der Waals surface area contributed by atoms with Crippen molar-refractivity contribution >= 4 is 23.2 Å². The normalized spacial score (nSPS) is 13.6. The molecule has 1 aliphatic rings. The Balaban J connectivity index is 1.48. The number of anilines is 2. The minimum Gasteiger partial charge on any atom is -0.323 e. The van der Waals surface area contributed by atoms with Crippen LogP contribution in [-0.4, -0.2) is 29.8 Å². The molecule has 0 saturated carbocycles. The maximum Gasteiger partial charge on any atom is 0.238 e. The number of rotatable bonds is 8. The van der Waals surface area contributed by atoms with Gasteiger partial charge in [-0.1, -0.05) is 72.8 Å². The van der Waals surface area contributed by atoms with Gasteiger partial charge in [-0.25, -0.2) is 0 Å². The van der Waals surface area contributed by atoms with Crippen molar-refractivity contribution in [3.05, 3.63) is 96.1 Å². The lowest BCUT2D eigenvalue weighted by Gasteiger charge is -2.24. The summed E-state index contributed by atoms with van der Waals surface area (Å²) in [6.07, 6.45) is 1.41. The van der Waals surface area contributed by atoms with Gasteiger partial charge in [-0.2, -0.15) is 0 Å². The second-order valence-corrected chi connectivity index (χ2v) is 7.83. The lowest BCUT2D eigenvalue weighted by molar-refractivity contribution is -0.118. The molecule has 1 heterocycles. The summed E-state index contributed by atoms with van der Waals surface area (Å²) in [5.41, 5.74) is 3.78. The Kier molecular flexibility index (Phi) is 6.75. The molecule has 1 fully saturated rings. The number of carbonyl (C=O) groups excluding carboxylic acids is 2. The lowest BCUT2D eigenvalue weighted by Crippen LogP contribution is -2.33.